The maximum Gasteiger partial charge on any atom is 1.00 e. The van der Waals surface area contributed by atoms with Gasteiger partial charge in [0.25, 0.3) is 20.2 Å². The fourth-order valence-electron chi connectivity index (χ4n) is 4.34. The summed E-state index contributed by atoms with van der Waals surface area (Å²) in [7, 11) is -8.92. The van der Waals surface area contributed by atoms with Crippen molar-refractivity contribution in [3.05, 3.63) is 97.1 Å². The van der Waals surface area contributed by atoms with Crippen LogP contribution in [0.2, 0.25) is 0 Å². The van der Waals surface area contributed by atoms with Crippen molar-refractivity contribution >= 4 is 41.8 Å². The summed E-state index contributed by atoms with van der Waals surface area (Å²) in [5, 5.41) is 2.48. The van der Waals surface area contributed by atoms with Crippen LogP contribution in [0.4, 0.5) is 0 Å². The van der Waals surface area contributed by atoms with Crippen molar-refractivity contribution in [2.75, 3.05) is 0 Å². The molecular formula is C26H19NaO6S2. The molecule has 5 rings (SSSR count). The zero-order valence-corrected chi connectivity index (χ0v) is 22.2. The molecule has 0 unspecified atom stereocenters. The van der Waals surface area contributed by atoms with Crippen molar-refractivity contribution in [2.24, 2.45) is 0 Å². The van der Waals surface area contributed by atoms with E-state index >= 15 is 0 Å². The maximum absolute atomic E-state index is 12.0. The Bertz CT molecular complexity index is 1660. The number of hydrogen-bond donors (Lipinski definition) is 2. The minimum absolute atomic E-state index is 0. The molecule has 0 amide bonds. The average Bonchev–Trinajstić information content (AvgIpc) is 2.81. The molecule has 0 aromatic heterocycles. The van der Waals surface area contributed by atoms with Crippen molar-refractivity contribution in [1.82, 2.24) is 0 Å². The summed E-state index contributed by atoms with van der Waals surface area (Å²) >= 11 is 0. The van der Waals surface area contributed by atoms with E-state index in [1.54, 1.807) is 12.1 Å². The first-order valence-electron chi connectivity index (χ1n) is 10.2. The van der Waals surface area contributed by atoms with Gasteiger partial charge in [0, 0.05) is 0 Å². The monoisotopic (exact) mass is 514 g/mol. The molecule has 35 heavy (non-hydrogen) atoms. The number of hydrogen-bond acceptors (Lipinski definition) is 4. The van der Waals surface area contributed by atoms with Gasteiger partial charge in [0.15, 0.2) is 0 Å². The first-order valence-corrected chi connectivity index (χ1v) is 13.1. The van der Waals surface area contributed by atoms with Crippen LogP contribution in [0.5, 0.6) is 0 Å². The van der Waals surface area contributed by atoms with Crippen LogP contribution in [0.25, 0.3) is 43.8 Å². The van der Waals surface area contributed by atoms with Gasteiger partial charge in [-0.05, 0) is 68.1 Å². The molecule has 5 aromatic carbocycles. The topological polar surface area (TPSA) is 109 Å². The number of rotatable bonds is 4. The van der Waals surface area contributed by atoms with E-state index in [0.717, 1.165) is 11.1 Å². The molecule has 0 aliphatic rings. The molecule has 0 aliphatic carbocycles. The molecule has 0 saturated carbocycles. The van der Waals surface area contributed by atoms with Gasteiger partial charge in [0.2, 0.25) is 0 Å². The van der Waals surface area contributed by atoms with Crippen LogP contribution in [-0.2, 0) is 20.2 Å². The van der Waals surface area contributed by atoms with E-state index in [-0.39, 0.29) is 40.8 Å². The molecule has 5 aromatic rings. The Balaban J connectivity index is 0.00000180. The summed E-state index contributed by atoms with van der Waals surface area (Å²) in [6, 6.07) is 27.3. The second-order valence-electron chi connectivity index (χ2n) is 7.85. The molecule has 0 fully saturated rings. The fourth-order valence-corrected chi connectivity index (χ4v) is 5.35. The smallest absolute Gasteiger partial charge is 1.00 e. The summed E-state index contributed by atoms with van der Waals surface area (Å²) in [5.74, 6) is 0. The van der Waals surface area contributed by atoms with E-state index in [9.17, 15) is 25.9 Å². The average molecular weight is 515 g/mol. The summed E-state index contributed by atoms with van der Waals surface area (Å²) in [6.07, 6.45) is 0. The Morgan fingerprint density at radius 1 is 0.486 bits per heavy atom. The van der Waals surface area contributed by atoms with E-state index in [1.165, 1.54) is 24.3 Å². The van der Waals surface area contributed by atoms with Crippen molar-refractivity contribution < 1.29 is 56.9 Å². The standard InChI is InChI=1S/C26H18O6S2.Na.H/c27-33(28,29)19-12-14-22-23(15-19)25(17-7-3-1-4-8-17)21-13-11-20(34(30,31)32)16-24(21)26(22)18-9-5-2-6-10-18;;/h1-16H,(H,27,28,29)(H,30,31,32);;/q;+1;-1. The van der Waals surface area contributed by atoms with Crippen LogP contribution in [0.3, 0.4) is 0 Å². The van der Waals surface area contributed by atoms with E-state index in [0.29, 0.717) is 32.7 Å². The Kier molecular flexibility index (Phi) is 6.91. The summed E-state index contributed by atoms with van der Waals surface area (Å²) in [4.78, 5) is -0.491. The molecule has 0 saturated heterocycles. The van der Waals surface area contributed by atoms with Crippen LogP contribution in [-0.4, -0.2) is 25.9 Å². The minimum Gasteiger partial charge on any atom is -1.00 e. The van der Waals surface area contributed by atoms with Gasteiger partial charge in [0.05, 0.1) is 9.79 Å². The van der Waals surface area contributed by atoms with E-state index in [4.69, 9.17) is 0 Å². The predicted octanol–water partition coefficient (Wildman–Crippen LogP) is 2.94. The Morgan fingerprint density at radius 2 is 0.829 bits per heavy atom. The molecule has 172 valence electrons. The zero-order valence-electron chi connectivity index (χ0n) is 19.6. The molecule has 0 bridgehead atoms. The first-order chi connectivity index (χ1) is 16.1. The van der Waals surface area contributed by atoms with Crippen LogP contribution in [0, 0.1) is 0 Å². The molecule has 9 heteroatoms. The fraction of sp³-hybridized carbons (Fsp3) is 0. The number of benzene rings is 5. The van der Waals surface area contributed by atoms with Gasteiger partial charge >= 0.3 is 29.6 Å². The molecule has 2 N–H and O–H groups in total. The van der Waals surface area contributed by atoms with Gasteiger partial charge in [-0.25, -0.2) is 0 Å². The van der Waals surface area contributed by atoms with E-state index in [2.05, 4.69) is 0 Å². The zero-order chi connectivity index (χ0) is 24.1. The molecule has 6 nitrogen and oxygen atoms in total. The second kappa shape index (κ2) is 9.48. The van der Waals surface area contributed by atoms with E-state index < -0.39 is 20.2 Å². The van der Waals surface area contributed by atoms with Crippen molar-refractivity contribution in [1.29, 1.82) is 0 Å². The van der Waals surface area contributed by atoms with Crippen LogP contribution in [0.15, 0.2) is 107 Å². The molecule has 0 radical (unpaired) electrons. The van der Waals surface area contributed by atoms with E-state index in [1.807, 2.05) is 60.7 Å². The summed E-state index contributed by atoms with van der Waals surface area (Å²) < 4.78 is 67.3. The molecule has 0 atom stereocenters. The largest absolute Gasteiger partial charge is 1.00 e. The van der Waals surface area contributed by atoms with Gasteiger partial charge in [-0.2, -0.15) is 16.8 Å². The normalized spacial score (nSPS) is 11.9. The Labute approximate surface area is 226 Å². The maximum atomic E-state index is 12.0. The molecular weight excluding hydrogens is 495 g/mol. The third-order valence-corrected chi connectivity index (χ3v) is 7.48. The summed E-state index contributed by atoms with van der Waals surface area (Å²) in [6.45, 7) is 0. The quantitative estimate of drug-likeness (QED) is 0.217. The molecule has 0 spiro atoms. The van der Waals surface area contributed by atoms with Crippen molar-refractivity contribution in [2.45, 2.75) is 9.79 Å². The van der Waals surface area contributed by atoms with Crippen LogP contribution in [0.1, 0.15) is 1.43 Å². The van der Waals surface area contributed by atoms with Gasteiger partial charge in [-0.1, -0.05) is 72.8 Å². The third-order valence-electron chi connectivity index (χ3n) is 5.78. The molecule has 0 heterocycles. The third kappa shape index (κ3) is 4.79. The van der Waals surface area contributed by atoms with Gasteiger partial charge < -0.3 is 1.43 Å². The first kappa shape index (κ1) is 25.5. The van der Waals surface area contributed by atoms with Gasteiger partial charge in [-0.3, -0.25) is 9.11 Å². The van der Waals surface area contributed by atoms with Crippen molar-refractivity contribution in [3.8, 4) is 22.3 Å². The second-order valence-corrected chi connectivity index (χ2v) is 10.7. The van der Waals surface area contributed by atoms with Crippen molar-refractivity contribution in [3.63, 3.8) is 0 Å². The van der Waals surface area contributed by atoms with Gasteiger partial charge in [-0.15, -0.1) is 0 Å². The molecule has 0 aliphatic heterocycles. The summed E-state index contributed by atoms with van der Waals surface area (Å²) in [5.41, 5.74) is 2.92. The minimum atomic E-state index is -4.46. The number of fused-ring (bicyclic) bond motifs is 2. The van der Waals surface area contributed by atoms with Crippen LogP contribution >= 0.6 is 0 Å². The van der Waals surface area contributed by atoms with Crippen LogP contribution < -0.4 is 29.6 Å². The van der Waals surface area contributed by atoms with Gasteiger partial charge in [0.1, 0.15) is 0 Å². The predicted molar refractivity (Wildman–Crippen MR) is 133 cm³/mol. The Morgan fingerprint density at radius 3 is 1.14 bits per heavy atom. The SMILES string of the molecule is O=S(=O)(O)c1ccc2c(-c3ccccc3)c3cc(S(=O)(=O)O)ccc3c(-c3ccccc3)c2c1.[H-].[Na+]. The Hall–Kier alpha value is -2.56.